The van der Waals surface area contributed by atoms with Gasteiger partial charge in [0.2, 0.25) is 5.95 Å². The number of hydrogen-bond acceptors (Lipinski definition) is 10. The summed E-state index contributed by atoms with van der Waals surface area (Å²) in [4.78, 5) is 30.6. The van der Waals surface area contributed by atoms with E-state index < -0.39 is 5.82 Å². The van der Waals surface area contributed by atoms with E-state index in [1.165, 1.54) is 0 Å². The number of aromatic nitrogens is 4. The van der Waals surface area contributed by atoms with E-state index in [0.29, 0.717) is 18.0 Å². The van der Waals surface area contributed by atoms with Crippen LogP contribution in [-0.4, -0.2) is 58.3 Å². The molecule has 3 N–H and O–H groups in total. The van der Waals surface area contributed by atoms with Crippen molar-refractivity contribution in [3.05, 3.63) is 42.5 Å². The lowest BCUT2D eigenvalue weighted by Crippen LogP contribution is -2.41. The molecular formula is C21H21FN8O3. The highest BCUT2D eigenvalue weighted by Gasteiger charge is 2.19. The number of carbonyl (C=O) groups is 1. The van der Waals surface area contributed by atoms with Gasteiger partial charge in [0.25, 0.3) is 5.91 Å². The van der Waals surface area contributed by atoms with Gasteiger partial charge in [-0.15, -0.1) is 0 Å². The molecule has 0 unspecified atom stereocenters. The summed E-state index contributed by atoms with van der Waals surface area (Å²) in [5.74, 6) is 0.974. The van der Waals surface area contributed by atoms with Crippen LogP contribution < -0.4 is 25.6 Å². The summed E-state index contributed by atoms with van der Waals surface area (Å²) in [6, 6.07) is 6.98. The van der Waals surface area contributed by atoms with Crippen molar-refractivity contribution >= 4 is 40.8 Å². The van der Waals surface area contributed by atoms with Crippen LogP contribution in [0, 0.1) is 5.82 Å². The molecule has 33 heavy (non-hydrogen) atoms. The Morgan fingerprint density at radius 2 is 2.06 bits per heavy atom. The van der Waals surface area contributed by atoms with Gasteiger partial charge in [-0.1, -0.05) is 0 Å². The van der Waals surface area contributed by atoms with Crippen LogP contribution >= 0.6 is 0 Å². The number of anilines is 6. The molecule has 5 heterocycles. The van der Waals surface area contributed by atoms with Crippen molar-refractivity contribution in [1.29, 1.82) is 0 Å². The van der Waals surface area contributed by atoms with E-state index in [9.17, 15) is 9.18 Å². The number of morpholine rings is 1. The van der Waals surface area contributed by atoms with Crippen LogP contribution in [0.25, 0.3) is 0 Å². The van der Waals surface area contributed by atoms with E-state index in [1.54, 1.807) is 18.3 Å². The van der Waals surface area contributed by atoms with Crippen molar-refractivity contribution < 1.29 is 18.7 Å². The topological polar surface area (TPSA) is 126 Å². The second kappa shape index (κ2) is 8.82. The molecule has 0 aliphatic carbocycles. The molecule has 1 fully saturated rings. The molecule has 2 aliphatic rings. The number of amides is 1. The normalized spacial score (nSPS) is 17.6. The smallest absolute Gasteiger partial charge is 0.263 e. The highest BCUT2D eigenvalue weighted by atomic mass is 19.1. The van der Waals surface area contributed by atoms with Gasteiger partial charge in [0.1, 0.15) is 11.6 Å². The van der Waals surface area contributed by atoms with Crippen molar-refractivity contribution in [2.45, 2.75) is 13.0 Å². The summed E-state index contributed by atoms with van der Waals surface area (Å²) in [5.41, 5.74) is 0.657. The van der Waals surface area contributed by atoms with Crippen molar-refractivity contribution in [3.63, 3.8) is 0 Å². The molecule has 1 amide bonds. The molecule has 170 valence electrons. The number of halogens is 1. The summed E-state index contributed by atoms with van der Waals surface area (Å²) in [6.07, 6.45) is 2.88. The Bertz CT molecular complexity index is 1180. The maximum absolute atomic E-state index is 14.3. The van der Waals surface area contributed by atoms with Crippen LogP contribution in [0.3, 0.4) is 0 Å². The monoisotopic (exact) mass is 452 g/mol. The lowest BCUT2D eigenvalue weighted by Gasteiger charge is -2.32. The van der Waals surface area contributed by atoms with E-state index >= 15 is 0 Å². The molecule has 1 saturated heterocycles. The largest absolute Gasteiger partial charge is 0.480 e. The highest BCUT2D eigenvalue weighted by molar-refractivity contribution is 5.94. The van der Waals surface area contributed by atoms with Gasteiger partial charge in [0, 0.05) is 13.1 Å². The van der Waals surface area contributed by atoms with Crippen molar-refractivity contribution in [2.75, 3.05) is 47.2 Å². The van der Waals surface area contributed by atoms with Crippen molar-refractivity contribution in [3.8, 4) is 5.75 Å². The SMILES string of the molecule is C[C@H]1CN(c2ccc(Nc3ncc(F)c(Nc4ccc5c(n4)NC(=O)CO5)n3)cn2)CCO1. The lowest BCUT2D eigenvalue weighted by molar-refractivity contribution is -0.118. The summed E-state index contributed by atoms with van der Waals surface area (Å²) >= 11 is 0. The summed E-state index contributed by atoms with van der Waals surface area (Å²) < 4.78 is 25.2. The van der Waals surface area contributed by atoms with Crippen LogP contribution in [0.1, 0.15) is 6.92 Å². The Labute approximate surface area is 188 Å². The van der Waals surface area contributed by atoms with Gasteiger partial charge in [-0.05, 0) is 31.2 Å². The first-order valence-corrected chi connectivity index (χ1v) is 10.4. The molecule has 3 aromatic heterocycles. The lowest BCUT2D eigenvalue weighted by atomic mass is 10.3. The van der Waals surface area contributed by atoms with E-state index in [0.717, 1.165) is 25.1 Å². The fourth-order valence-electron chi connectivity index (χ4n) is 3.47. The molecule has 0 bridgehead atoms. The Morgan fingerprint density at radius 1 is 1.15 bits per heavy atom. The van der Waals surface area contributed by atoms with Gasteiger partial charge in [-0.2, -0.15) is 4.98 Å². The van der Waals surface area contributed by atoms with Gasteiger partial charge in [0.05, 0.1) is 30.8 Å². The third-order valence-electron chi connectivity index (χ3n) is 5.03. The maximum atomic E-state index is 14.3. The second-order valence-corrected chi connectivity index (χ2v) is 7.55. The number of rotatable bonds is 5. The van der Waals surface area contributed by atoms with Crippen LogP contribution in [-0.2, 0) is 9.53 Å². The number of pyridine rings is 2. The molecule has 1 atom stereocenters. The quantitative estimate of drug-likeness (QED) is 0.531. The number of hydrogen-bond donors (Lipinski definition) is 3. The zero-order valence-corrected chi connectivity index (χ0v) is 17.7. The van der Waals surface area contributed by atoms with Crippen LogP contribution in [0.15, 0.2) is 36.7 Å². The van der Waals surface area contributed by atoms with E-state index in [-0.39, 0.29) is 42.0 Å². The average molecular weight is 452 g/mol. The van der Waals surface area contributed by atoms with Gasteiger partial charge < -0.3 is 30.3 Å². The van der Waals surface area contributed by atoms with Gasteiger partial charge in [-0.3, -0.25) is 4.79 Å². The van der Waals surface area contributed by atoms with Gasteiger partial charge in [-0.25, -0.2) is 19.3 Å². The predicted molar refractivity (Wildman–Crippen MR) is 119 cm³/mol. The first-order valence-electron chi connectivity index (χ1n) is 10.4. The summed E-state index contributed by atoms with van der Waals surface area (Å²) in [7, 11) is 0. The predicted octanol–water partition coefficient (Wildman–Crippen LogP) is 2.45. The third-order valence-corrected chi connectivity index (χ3v) is 5.03. The van der Waals surface area contributed by atoms with Crippen LogP contribution in [0.5, 0.6) is 5.75 Å². The first-order chi connectivity index (χ1) is 16.0. The fourth-order valence-corrected chi connectivity index (χ4v) is 3.47. The number of nitrogens with one attached hydrogen (secondary N) is 3. The fraction of sp³-hybridized carbons (Fsp3) is 0.286. The minimum Gasteiger partial charge on any atom is -0.480 e. The maximum Gasteiger partial charge on any atom is 0.263 e. The van der Waals surface area contributed by atoms with Crippen LogP contribution in [0.4, 0.5) is 39.3 Å². The second-order valence-electron chi connectivity index (χ2n) is 7.55. The van der Waals surface area contributed by atoms with Gasteiger partial charge >= 0.3 is 0 Å². The summed E-state index contributed by atoms with van der Waals surface area (Å²) in [5, 5.41) is 8.43. The number of nitrogens with zero attached hydrogens (tertiary/aromatic N) is 5. The van der Waals surface area contributed by atoms with Gasteiger partial charge in [0.15, 0.2) is 29.8 Å². The molecule has 0 aromatic carbocycles. The van der Waals surface area contributed by atoms with Crippen molar-refractivity contribution in [2.24, 2.45) is 0 Å². The van der Waals surface area contributed by atoms with E-state index in [4.69, 9.17) is 9.47 Å². The van der Waals surface area contributed by atoms with E-state index in [1.807, 2.05) is 19.1 Å². The Morgan fingerprint density at radius 3 is 2.88 bits per heavy atom. The molecule has 0 saturated carbocycles. The molecular weight excluding hydrogens is 431 g/mol. The van der Waals surface area contributed by atoms with E-state index in [2.05, 4.69) is 40.8 Å². The number of fused-ring (bicyclic) bond motifs is 1. The summed E-state index contributed by atoms with van der Waals surface area (Å²) in [6.45, 7) is 4.19. The Balaban J connectivity index is 1.29. The minimum atomic E-state index is -0.657. The molecule has 2 aliphatic heterocycles. The Kier molecular flexibility index (Phi) is 5.57. The Hall–Kier alpha value is -4.06. The highest BCUT2D eigenvalue weighted by Crippen LogP contribution is 2.28. The zero-order valence-electron chi connectivity index (χ0n) is 17.7. The standard InChI is InChI=1S/C21H21FN8O3/c1-12-10-30(6-7-32-12)17-5-2-13(8-23-17)25-21-24-9-14(22)19(29-21)26-16-4-3-15-20(27-16)28-18(31)11-33-15/h2-5,8-9,12H,6-7,10-11H2,1H3,(H3,24,25,26,27,28,29,31)/t12-/m0/s1. The molecule has 11 nitrogen and oxygen atoms in total. The molecule has 0 spiro atoms. The third kappa shape index (κ3) is 4.75. The molecule has 5 rings (SSSR count). The molecule has 0 radical (unpaired) electrons. The van der Waals surface area contributed by atoms with Crippen LogP contribution in [0.2, 0.25) is 0 Å². The number of ether oxygens (including phenoxy) is 2. The molecule has 12 heteroatoms. The van der Waals surface area contributed by atoms with Crippen molar-refractivity contribution in [1.82, 2.24) is 19.9 Å². The average Bonchev–Trinajstić information content (AvgIpc) is 2.81. The number of carbonyl (C=O) groups excluding carboxylic acids is 1. The first kappa shape index (κ1) is 20.8. The molecule has 3 aromatic rings. The minimum absolute atomic E-state index is 0.0710. The zero-order chi connectivity index (χ0) is 22.8.